The molecule has 158 valence electrons. The fraction of sp³-hybridized carbons (Fsp3) is 0.150. The summed E-state index contributed by atoms with van der Waals surface area (Å²) in [4.78, 5) is 24.0. The van der Waals surface area contributed by atoms with Crippen LogP contribution in [0.1, 0.15) is 16.2 Å². The van der Waals surface area contributed by atoms with Gasteiger partial charge in [-0.2, -0.15) is 0 Å². The molecule has 8 nitrogen and oxygen atoms in total. The number of rotatable bonds is 6. The lowest BCUT2D eigenvalue weighted by atomic mass is 10.2. The molecule has 0 saturated carbocycles. The van der Waals surface area contributed by atoms with Crippen molar-refractivity contribution in [3.05, 3.63) is 64.5 Å². The normalized spacial score (nSPS) is 10.8. The Balaban J connectivity index is 1.73. The first-order valence-electron chi connectivity index (χ1n) is 9.17. The molecule has 0 aliphatic heterocycles. The standard InChI is InChI=1S/C20H18ClN7OS2/c1-12-10-30-19(23-12)25-18(29)17-15(28(3)14-7-5-4-6-13(14)21)8-9-16(24-17)31-20-26-22-11-27(20)2/h4-11H,1-3H3,(H,23,25,29). The average Bonchev–Trinajstić information content (AvgIpc) is 3.35. The van der Waals surface area contributed by atoms with Crippen molar-refractivity contribution in [2.45, 2.75) is 17.1 Å². The molecule has 0 aliphatic carbocycles. The topological polar surface area (TPSA) is 88.8 Å². The van der Waals surface area contributed by atoms with Crippen LogP contribution in [0, 0.1) is 6.92 Å². The van der Waals surface area contributed by atoms with E-state index in [1.54, 1.807) is 17.0 Å². The Bertz CT molecular complexity index is 1240. The summed E-state index contributed by atoms with van der Waals surface area (Å²) >= 11 is 9.07. The van der Waals surface area contributed by atoms with Crippen molar-refractivity contribution in [3.63, 3.8) is 0 Å². The molecule has 4 rings (SSSR count). The van der Waals surface area contributed by atoms with Gasteiger partial charge in [-0.1, -0.05) is 23.7 Å². The number of carbonyl (C=O) groups excluding carboxylic acids is 1. The second-order valence-electron chi connectivity index (χ2n) is 6.60. The molecule has 0 radical (unpaired) electrons. The first-order chi connectivity index (χ1) is 14.9. The van der Waals surface area contributed by atoms with Crippen molar-refractivity contribution in [1.29, 1.82) is 0 Å². The molecule has 11 heteroatoms. The first-order valence-corrected chi connectivity index (χ1v) is 11.2. The van der Waals surface area contributed by atoms with E-state index < -0.39 is 0 Å². The number of carbonyl (C=O) groups is 1. The summed E-state index contributed by atoms with van der Waals surface area (Å²) in [5.74, 6) is -0.358. The number of nitrogens with zero attached hydrogens (tertiary/aromatic N) is 6. The number of aromatic nitrogens is 5. The maximum atomic E-state index is 13.2. The van der Waals surface area contributed by atoms with Gasteiger partial charge in [0.2, 0.25) is 0 Å². The number of halogens is 1. The molecule has 4 aromatic rings. The third-order valence-electron chi connectivity index (χ3n) is 4.34. The van der Waals surface area contributed by atoms with Crippen LogP contribution in [0.25, 0.3) is 0 Å². The van der Waals surface area contributed by atoms with Gasteiger partial charge in [0.05, 0.1) is 22.1 Å². The number of amides is 1. The predicted octanol–water partition coefficient (Wildman–Crippen LogP) is 4.80. The Morgan fingerprint density at radius 1 is 1.19 bits per heavy atom. The summed E-state index contributed by atoms with van der Waals surface area (Å²) in [6.45, 7) is 1.87. The summed E-state index contributed by atoms with van der Waals surface area (Å²) < 4.78 is 1.79. The third kappa shape index (κ3) is 4.71. The molecule has 0 unspecified atom stereocenters. The van der Waals surface area contributed by atoms with E-state index in [4.69, 9.17) is 11.6 Å². The molecule has 1 N–H and O–H groups in total. The summed E-state index contributed by atoms with van der Waals surface area (Å²) in [6.07, 6.45) is 1.61. The zero-order chi connectivity index (χ0) is 22.0. The molecule has 3 aromatic heterocycles. The molecule has 0 spiro atoms. The van der Waals surface area contributed by atoms with Crippen molar-refractivity contribution < 1.29 is 4.79 Å². The van der Waals surface area contributed by atoms with Crippen molar-refractivity contribution in [3.8, 4) is 0 Å². The minimum absolute atomic E-state index is 0.252. The van der Waals surface area contributed by atoms with Crippen LogP contribution in [0.4, 0.5) is 16.5 Å². The maximum Gasteiger partial charge on any atom is 0.278 e. The molecule has 3 heterocycles. The van der Waals surface area contributed by atoms with E-state index >= 15 is 0 Å². The Labute approximate surface area is 192 Å². The Kier molecular flexibility index (Phi) is 6.21. The fourth-order valence-corrected chi connectivity index (χ4v) is 4.49. The van der Waals surface area contributed by atoms with E-state index in [0.717, 1.165) is 11.4 Å². The van der Waals surface area contributed by atoms with Crippen molar-refractivity contribution in [2.75, 3.05) is 17.3 Å². The van der Waals surface area contributed by atoms with Crippen molar-refractivity contribution in [2.24, 2.45) is 7.05 Å². The van der Waals surface area contributed by atoms with Gasteiger partial charge in [-0.3, -0.25) is 10.1 Å². The number of benzene rings is 1. The van der Waals surface area contributed by atoms with Gasteiger partial charge in [0.25, 0.3) is 5.91 Å². The highest BCUT2D eigenvalue weighted by Gasteiger charge is 2.21. The van der Waals surface area contributed by atoms with Gasteiger partial charge in [-0.15, -0.1) is 21.5 Å². The van der Waals surface area contributed by atoms with Crippen LogP contribution >= 0.6 is 34.7 Å². The minimum atomic E-state index is -0.358. The lowest BCUT2D eigenvalue weighted by molar-refractivity contribution is 0.102. The first kappa shape index (κ1) is 21.3. The number of thiazole rings is 1. The van der Waals surface area contributed by atoms with Crippen LogP contribution in [0.3, 0.4) is 0 Å². The largest absolute Gasteiger partial charge is 0.341 e. The Morgan fingerprint density at radius 2 is 2.00 bits per heavy atom. The lowest BCUT2D eigenvalue weighted by Gasteiger charge is -2.23. The number of para-hydroxylation sites is 1. The third-order valence-corrected chi connectivity index (χ3v) is 6.53. The highest BCUT2D eigenvalue weighted by molar-refractivity contribution is 7.99. The zero-order valence-corrected chi connectivity index (χ0v) is 19.3. The second kappa shape index (κ2) is 9.04. The van der Waals surface area contributed by atoms with Crippen LogP contribution in [-0.4, -0.2) is 37.7 Å². The quantitative estimate of drug-likeness (QED) is 0.432. The number of hydrogen-bond donors (Lipinski definition) is 1. The molecule has 0 aliphatic rings. The molecular weight excluding hydrogens is 454 g/mol. The van der Waals surface area contributed by atoms with E-state index in [9.17, 15) is 4.79 Å². The molecule has 0 bridgehead atoms. The van der Waals surface area contributed by atoms with Gasteiger partial charge in [0.1, 0.15) is 11.4 Å². The smallest absolute Gasteiger partial charge is 0.278 e. The van der Waals surface area contributed by atoms with Crippen molar-refractivity contribution in [1.82, 2.24) is 24.7 Å². The zero-order valence-electron chi connectivity index (χ0n) is 16.9. The van der Waals surface area contributed by atoms with Gasteiger partial charge in [-0.05, 0) is 43.0 Å². The van der Waals surface area contributed by atoms with Crippen LogP contribution in [0.5, 0.6) is 0 Å². The maximum absolute atomic E-state index is 13.2. The molecule has 0 fully saturated rings. The highest BCUT2D eigenvalue weighted by atomic mass is 35.5. The second-order valence-corrected chi connectivity index (χ2v) is 8.86. The Morgan fingerprint density at radius 3 is 2.68 bits per heavy atom. The average molecular weight is 472 g/mol. The van der Waals surface area contributed by atoms with Crippen LogP contribution < -0.4 is 10.2 Å². The molecular formula is C20H18ClN7OS2. The molecule has 0 saturated heterocycles. The van der Waals surface area contributed by atoms with Crippen LogP contribution in [-0.2, 0) is 7.05 Å². The SMILES string of the molecule is Cc1csc(NC(=O)c2nc(Sc3nncn3C)ccc2N(C)c2ccccc2Cl)n1. The highest BCUT2D eigenvalue weighted by Crippen LogP contribution is 2.34. The fourth-order valence-electron chi connectivity index (χ4n) is 2.81. The van der Waals surface area contributed by atoms with Crippen LogP contribution in [0.15, 0.2) is 58.3 Å². The number of aryl methyl sites for hydroxylation is 2. The van der Waals surface area contributed by atoms with Crippen molar-refractivity contribution >= 4 is 57.1 Å². The van der Waals surface area contributed by atoms with E-state index in [-0.39, 0.29) is 11.6 Å². The minimum Gasteiger partial charge on any atom is -0.341 e. The summed E-state index contributed by atoms with van der Waals surface area (Å²) in [5.41, 5.74) is 2.47. The van der Waals surface area contributed by atoms with E-state index in [1.807, 2.05) is 61.6 Å². The molecule has 1 amide bonds. The summed E-state index contributed by atoms with van der Waals surface area (Å²) in [5, 5.41) is 15.0. The number of anilines is 3. The Hall–Kier alpha value is -2.95. The lowest BCUT2D eigenvalue weighted by Crippen LogP contribution is -2.20. The monoisotopic (exact) mass is 471 g/mol. The van der Waals surface area contributed by atoms with Crippen LogP contribution in [0.2, 0.25) is 5.02 Å². The van der Waals surface area contributed by atoms with E-state index in [1.165, 1.54) is 23.1 Å². The van der Waals surface area contributed by atoms with E-state index in [2.05, 4.69) is 25.5 Å². The van der Waals surface area contributed by atoms with Gasteiger partial charge >= 0.3 is 0 Å². The van der Waals surface area contributed by atoms with Gasteiger partial charge in [-0.25, -0.2) is 9.97 Å². The van der Waals surface area contributed by atoms with E-state index in [0.29, 0.717) is 26.0 Å². The number of pyridine rings is 1. The van der Waals surface area contributed by atoms with Gasteiger partial charge in [0.15, 0.2) is 16.0 Å². The summed E-state index contributed by atoms with van der Waals surface area (Å²) in [7, 11) is 3.69. The molecule has 0 atom stereocenters. The number of nitrogens with one attached hydrogen (secondary N) is 1. The summed E-state index contributed by atoms with van der Waals surface area (Å²) in [6, 6.07) is 11.1. The van der Waals surface area contributed by atoms with Gasteiger partial charge in [0, 0.05) is 19.5 Å². The molecule has 31 heavy (non-hydrogen) atoms. The van der Waals surface area contributed by atoms with Gasteiger partial charge < -0.3 is 9.47 Å². The molecule has 1 aromatic carbocycles. The predicted molar refractivity (Wildman–Crippen MR) is 124 cm³/mol. The number of hydrogen-bond acceptors (Lipinski definition) is 8.